The molecule has 1 aliphatic heterocycles. The van der Waals surface area contributed by atoms with Crippen LogP contribution < -0.4 is 0 Å². The Labute approximate surface area is 105 Å². The van der Waals surface area contributed by atoms with E-state index in [1.165, 1.54) is 0 Å². The Kier molecular flexibility index (Phi) is 2.76. The standard InChI is InChI=1S/C13H15N3O2/c17-12-8-4-1-5-9(12)13-15-14-10-6-2-3-7-11(10)16(13)18/h1,4-5,8,13,17-18H,2-3,6-7H2/t13-/m1/s1. The number of phenols is 1. The van der Waals surface area contributed by atoms with Crippen molar-refractivity contribution in [3.63, 3.8) is 0 Å². The molecule has 1 atom stereocenters. The van der Waals surface area contributed by atoms with Crippen LogP contribution in [0.15, 0.2) is 45.9 Å². The number of para-hydroxylation sites is 1. The summed E-state index contributed by atoms with van der Waals surface area (Å²) in [7, 11) is 0. The van der Waals surface area contributed by atoms with Gasteiger partial charge in [0.15, 0.2) is 6.17 Å². The Hall–Kier alpha value is -1.88. The first kappa shape index (κ1) is 11.2. The molecule has 0 spiro atoms. The van der Waals surface area contributed by atoms with Crippen molar-refractivity contribution >= 4 is 0 Å². The maximum Gasteiger partial charge on any atom is 0.195 e. The molecule has 0 fully saturated rings. The average Bonchev–Trinajstić information content (AvgIpc) is 2.41. The van der Waals surface area contributed by atoms with Gasteiger partial charge in [-0.2, -0.15) is 10.2 Å². The fourth-order valence-corrected chi connectivity index (χ4v) is 2.45. The molecule has 0 saturated carbocycles. The Bertz CT molecular complexity index is 525. The van der Waals surface area contributed by atoms with E-state index >= 15 is 0 Å². The Morgan fingerprint density at radius 3 is 2.78 bits per heavy atom. The van der Waals surface area contributed by atoms with Crippen LogP contribution in [0.4, 0.5) is 0 Å². The highest BCUT2D eigenvalue weighted by Crippen LogP contribution is 2.39. The van der Waals surface area contributed by atoms with Gasteiger partial charge in [0.05, 0.1) is 11.4 Å². The van der Waals surface area contributed by atoms with E-state index in [0.717, 1.165) is 42.1 Å². The van der Waals surface area contributed by atoms with Crippen LogP contribution >= 0.6 is 0 Å². The van der Waals surface area contributed by atoms with E-state index in [2.05, 4.69) is 10.2 Å². The van der Waals surface area contributed by atoms with E-state index in [0.29, 0.717) is 5.56 Å². The van der Waals surface area contributed by atoms with Gasteiger partial charge in [-0.25, -0.2) is 5.06 Å². The molecule has 5 nitrogen and oxygen atoms in total. The van der Waals surface area contributed by atoms with Gasteiger partial charge in [0.25, 0.3) is 0 Å². The fraction of sp³-hybridized carbons (Fsp3) is 0.385. The number of phenolic OH excluding ortho intramolecular Hbond substituents is 1. The summed E-state index contributed by atoms with van der Waals surface area (Å²) in [4.78, 5) is 0. The minimum Gasteiger partial charge on any atom is -0.508 e. The molecule has 3 rings (SSSR count). The first-order valence-corrected chi connectivity index (χ1v) is 6.16. The Morgan fingerprint density at radius 2 is 1.94 bits per heavy atom. The summed E-state index contributed by atoms with van der Waals surface area (Å²) in [6.45, 7) is 0. The van der Waals surface area contributed by atoms with Crippen molar-refractivity contribution in [1.82, 2.24) is 5.06 Å². The van der Waals surface area contributed by atoms with E-state index in [4.69, 9.17) is 0 Å². The molecular weight excluding hydrogens is 230 g/mol. The van der Waals surface area contributed by atoms with Crippen molar-refractivity contribution in [2.45, 2.75) is 31.8 Å². The second-order valence-corrected chi connectivity index (χ2v) is 4.59. The van der Waals surface area contributed by atoms with Gasteiger partial charge >= 0.3 is 0 Å². The van der Waals surface area contributed by atoms with Gasteiger partial charge in [0, 0.05) is 5.56 Å². The van der Waals surface area contributed by atoms with Crippen molar-refractivity contribution in [2.75, 3.05) is 0 Å². The number of nitrogens with zero attached hydrogens (tertiary/aromatic N) is 3. The molecule has 1 aromatic rings. The number of allylic oxidation sites excluding steroid dienone is 2. The minimum absolute atomic E-state index is 0.125. The van der Waals surface area contributed by atoms with Crippen LogP contribution in [0.25, 0.3) is 0 Å². The van der Waals surface area contributed by atoms with E-state index in [9.17, 15) is 10.3 Å². The molecule has 18 heavy (non-hydrogen) atoms. The highest BCUT2D eigenvalue weighted by molar-refractivity contribution is 5.35. The Morgan fingerprint density at radius 1 is 1.17 bits per heavy atom. The molecule has 0 radical (unpaired) electrons. The zero-order valence-corrected chi connectivity index (χ0v) is 9.95. The molecule has 5 heteroatoms. The van der Waals surface area contributed by atoms with Crippen molar-refractivity contribution in [3.8, 4) is 5.75 Å². The molecule has 0 bridgehead atoms. The van der Waals surface area contributed by atoms with Gasteiger partial charge in [-0.15, -0.1) is 0 Å². The third-order valence-electron chi connectivity index (χ3n) is 3.42. The van der Waals surface area contributed by atoms with Gasteiger partial charge in [-0.05, 0) is 31.7 Å². The van der Waals surface area contributed by atoms with Gasteiger partial charge in [0.2, 0.25) is 0 Å². The molecule has 2 N–H and O–H groups in total. The number of hydroxylamine groups is 2. The SMILES string of the molecule is Oc1ccccc1[C@@H]1N=NC2=C(CCCC2)N1O. The van der Waals surface area contributed by atoms with Crippen molar-refractivity contribution in [1.29, 1.82) is 0 Å². The number of rotatable bonds is 1. The molecule has 1 aliphatic carbocycles. The number of benzene rings is 1. The molecule has 1 aromatic carbocycles. The molecule has 2 aliphatic rings. The van der Waals surface area contributed by atoms with Gasteiger partial charge in [-0.1, -0.05) is 18.2 Å². The molecule has 0 unspecified atom stereocenters. The summed E-state index contributed by atoms with van der Waals surface area (Å²) in [5, 5.41) is 29.5. The maximum atomic E-state index is 10.3. The molecular formula is C13H15N3O2. The minimum atomic E-state index is -0.636. The van der Waals surface area contributed by atoms with Crippen LogP contribution in [0.5, 0.6) is 5.75 Å². The summed E-state index contributed by atoms with van der Waals surface area (Å²) >= 11 is 0. The van der Waals surface area contributed by atoms with Crippen LogP contribution in [-0.2, 0) is 0 Å². The zero-order valence-electron chi connectivity index (χ0n) is 9.95. The molecule has 1 heterocycles. The third kappa shape index (κ3) is 1.76. The predicted octanol–water partition coefficient (Wildman–Crippen LogP) is 3.33. The van der Waals surface area contributed by atoms with Gasteiger partial charge in [0.1, 0.15) is 5.75 Å². The summed E-state index contributed by atoms with van der Waals surface area (Å²) < 4.78 is 0. The molecule has 94 valence electrons. The maximum absolute atomic E-state index is 10.3. The van der Waals surface area contributed by atoms with Crippen molar-refractivity contribution < 1.29 is 10.3 Å². The molecule has 0 aromatic heterocycles. The Balaban J connectivity index is 1.96. The molecule has 0 saturated heterocycles. The van der Waals surface area contributed by atoms with Crippen LogP contribution in [0.2, 0.25) is 0 Å². The lowest BCUT2D eigenvalue weighted by Crippen LogP contribution is -2.28. The lowest BCUT2D eigenvalue weighted by atomic mass is 10.00. The first-order chi connectivity index (χ1) is 8.77. The van der Waals surface area contributed by atoms with Crippen molar-refractivity contribution in [3.05, 3.63) is 41.2 Å². The quantitative estimate of drug-likeness (QED) is 0.797. The van der Waals surface area contributed by atoms with E-state index in [-0.39, 0.29) is 5.75 Å². The second-order valence-electron chi connectivity index (χ2n) is 4.59. The highest BCUT2D eigenvalue weighted by Gasteiger charge is 2.30. The number of azo groups is 1. The number of aromatic hydroxyl groups is 1. The normalized spacial score (nSPS) is 23.2. The summed E-state index contributed by atoms with van der Waals surface area (Å²) in [6.07, 6.45) is 3.19. The van der Waals surface area contributed by atoms with Crippen LogP contribution in [-0.4, -0.2) is 15.4 Å². The van der Waals surface area contributed by atoms with E-state index in [1.54, 1.807) is 18.2 Å². The van der Waals surface area contributed by atoms with E-state index < -0.39 is 6.17 Å². The zero-order chi connectivity index (χ0) is 12.5. The largest absolute Gasteiger partial charge is 0.508 e. The van der Waals surface area contributed by atoms with Crippen LogP contribution in [0, 0.1) is 0 Å². The van der Waals surface area contributed by atoms with E-state index in [1.807, 2.05) is 6.07 Å². The number of hydrogen-bond donors (Lipinski definition) is 2. The van der Waals surface area contributed by atoms with Crippen LogP contribution in [0.1, 0.15) is 37.4 Å². The fourth-order valence-electron chi connectivity index (χ4n) is 2.45. The average molecular weight is 245 g/mol. The predicted molar refractivity (Wildman–Crippen MR) is 64.8 cm³/mol. The second kappa shape index (κ2) is 4.42. The lowest BCUT2D eigenvalue weighted by Gasteiger charge is -2.32. The monoisotopic (exact) mass is 245 g/mol. The molecule has 0 amide bonds. The van der Waals surface area contributed by atoms with Crippen molar-refractivity contribution in [2.24, 2.45) is 10.2 Å². The lowest BCUT2D eigenvalue weighted by molar-refractivity contribution is -0.104. The summed E-state index contributed by atoms with van der Waals surface area (Å²) in [5.41, 5.74) is 2.28. The van der Waals surface area contributed by atoms with Gasteiger partial charge in [-0.3, -0.25) is 5.21 Å². The summed E-state index contributed by atoms with van der Waals surface area (Å²) in [6, 6.07) is 6.88. The number of hydrogen-bond acceptors (Lipinski definition) is 5. The topological polar surface area (TPSA) is 68.4 Å². The third-order valence-corrected chi connectivity index (χ3v) is 3.42. The highest BCUT2D eigenvalue weighted by atomic mass is 16.5. The smallest absolute Gasteiger partial charge is 0.195 e. The summed E-state index contributed by atoms with van der Waals surface area (Å²) in [5.74, 6) is 0.125. The van der Waals surface area contributed by atoms with Gasteiger partial charge < -0.3 is 5.11 Å². The first-order valence-electron chi connectivity index (χ1n) is 6.16. The van der Waals surface area contributed by atoms with Crippen LogP contribution in [0.3, 0.4) is 0 Å².